The lowest BCUT2D eigenvalue weighted by molar-refractivity contribution is 0.0696. The fourth-order valence-corrected chi connectivity index (χ4v) is 1.24. The molecule has 86 valence electrons. The molecule has 1 aromatic heterocycles. The minimum absolute atomic E-state index is 0.115. The van der Waals surface area contributed by atoms with Gasteiger partial charge >= 0.3 is 5.97 Å². The smallest absolute Gasteiger partial charge is 0.335 e. The van der Waals surface area contributed by atoms with Crippen molar-refractivity contribution in [2.45, 2.75) is 0 Å². The topological polar surface area (TPSA) is 59.4 Å². The fourth-order valence-electron chi connectivity index (χ4n) is 1.24. The van der Waals surface area contributed by atoms with Gasteiger partial charge in [-0.25, -0.2) is 14.2 Å². The van der Waals surface area contributed by atoms with Crippen molar-refractivity contribution >= 4 is 5.97 Å². The van der Waals surface area contributed by atoms with E-state index in [2.05, 4.69) is 4.98 Å². The molecular formula is C12H8FNO3. The van der Waals surface area contributed by atoms with Gasteiger partial charge in [0.2, 0.25) is 5.88 Å². The number of ether oxygens (including phenoxy) is 1. The maximum Gasteiger partial charge on any atom is 0.335 e. The Labute approximate surface area is 96.3 Å². The van der Waals surface area contributed by atoms with Crippen molar-refractivity contribution in [1.82, 2.24) is 4.98 Å². The molecule has 0 aliphatic carbocycles. The standard InChI is InChI=1S/C12H8FNO3/c13-9-4-5-11(14-7-9)17-10-3-1-2-8(6-10)12(15)16/h1-7H,(H,15,16). The predicted molar refractivity (Wildman–Crippen MR) is 57.7 cm³/mol. The zero-order valence-electron chi connectivity index (χ0n) is 8.63. The van der Waals surface area contributed by atoms with E-state index in [1.165, 1.54) is 24.3 Å². The van der Waals surface area contributed by atoms with Gasteiger partial charge in [0, 0.05) is 6.07 Å². The second-order valence-electron chi connectivity index (χ2n) is 3.25. The van der Waals surface area contributed by atoms with Crippen molar-refractivity contribution in [1.29, 1.82) is 0 Å². The molecule has 2 rings (SSSR count). The summed E-state index contributed by atoms with van der Waals surface area (Å²) in [6, 6.07) is 8.55. The van der Waals surface area contributed by atoms with E-state index in [9.17, 15) is 9.18 Å². The van der Waals surface area contributed by atoms with Crippen LogP contribution in [0.2, 0.25) is 0 Å². The van der Waals surface area contributed by atoms with Crippen LogP contribution in [0.3, 0.4) is 0 Å². The van der Waals surface area contributed by atoms with Gasteiger partial charge in [-0.05, 0) is 24.3 Å². The van der Waals surface area contributed by atoms with Gasteiger partial charge in [-0.3, -0.25) is 0 Å². The summed E-state index contributed by atoms with van der Waals surface area (Å²) in [6.45, 7) is 0. The number of carboxylic acid groups (broad SMARTS) is 1. The van der Waals surface area contributed by atoms with E-state index < -0.39 is 11.8 Å². The number of rotatable bonds is 3. The van der Waals surface area contributed by atoms with Crippen molar-refractivity contribution in [2.75, 3.05) is 0 Å². The number of hydrogen-bond donors (Lipinski definition) is 1. The van der Waals surface area contributed by atoms with Gasteiger partial charge in [-0.1, -0.05) is 6.07 Å². The summed E-state index contributed by atoms with van der Waals surface area (Å²) < 4.78 is 17.9. The third-order valence-corrected chi connectivity index (χ3v) is 2.00. The number of halogens is 1. The number of pyridine rings is 1. The Morgan fingerprint density at radius 2 is 2.12 bits per heavy atom. The molecule has 0 radical (unpaired) electrons. The third kappa shape index (κ3) is 2.78. The normalized spacial score (nSPS) is 9.94. The number of carbonyl (C=O) groups is 1. The number of aromatic carboxylic acids is 1. The van der Waals surface area contributed by atoms with Crippen LogP contribution in [0.15, 0.2) is 42.6 Å². The highest BCUT2D eigenvalue weighted by atomic mass is 19.1. The molecule has 2 aromatic rings. The largest absolute Gasteiger partial charge is 0.478 e. The van der Waals surface area contributed by atoms with Gasteiger partial charge in [0.1, 0.15) is 11.6 Å². The lowest BCUT2D eigenvalue weighted by atomic mass is 10.2. The average Bonchev–Trinajstić information content (AvgIpc) is 2.32. The molecule has 0 unspecified atom stereocenters. The van der Waals surface area contributed by atoms with Gasteiger partial charge in [0.15, 0.2) is 0 Å². The van der Waals surface area contributed by atoms with Gasteiger partial charge in [0.25, 0.3) is 0 Å². The molecule has 0 bridgehead atoms. The second-order valence-corrected chi connectivity index (χ2v) is 3.25. The number of benzene rings is 1. The van der Waals surface area contributed by atoms with Crippen molar-refractivity contribution in [2.24, 2.45) is 0 Å². The van der Waals surface area contributed by atoms with Crippen molar-refractivity contribution in [3.05, 3.63) is 54.0 Å². The summed E-state index contributed by atoms with van der Waals surface area (Å²) in [5.41, 5.74) is 0.115. The minimum Gasteiger partial charge on any atom is -0.478 e. The van der Waals surface area contributed by atoms with E-state index in [4.69, 9.17) is 9.84 Å². The summed E-state index contributed by atoms with van der Waals surface area (Å²) in [6.07, 6.45) is 1.02. The van der Waals surface area contributed by atoms with Crippen molar-refractivity contribution in [3.63, 3.8) is 0 Å². The van der Waals surface area contributed by atoms with Gasteiger partial charge in [0.05, 0.1) is 11.8 Å². The highest BCUT2D eigenvalue weighted by Gasteiger charge is 2.05. The molecule has 1 aromatic carbocycles. The van der Waals surface area contributed by atoms with Crippen LogP contribution in [0.1, 0.15) is 10.4 Å². The molecule has 0 atom stereocenters. The van der Waals surface area contributed by atoms with E-state index in [0.29, 0.717) is 5.75 Å². The number of nitrogens with zero attached hydrogens (tertiary/aromatic N) is 1. The maximum absolute atomic E-state index is 12.6. The summed E-state index contributed by atoms with van der Waals surface area (Å²) in [4.78, 5) is 14.4. The zero-order chi connectivity index (χ0) is 12.3. The van der Waals surface area contributed by atoms with Crippen LogP contribution < -0.4 is 4.74 Å². The van der Waals surface area contributed by atoms with Crippen LogP contribution >= 0.6 is 0 Å². The molecule has 5 heteroatoms. The second kappa shape index (κ2) is 4.61. The predicted octanol–water partition coefficient (Wildman–Crippen LogP) is 2.71. The van der Waals surface area contributed by atoms with Crippen LogP contribution in [-0.4, -0.2) is 16.1 Å². The number of carboxylic acids is 1. The SMILES string of the molecule is O=C(O)c1cccc(Oc2ccc(F)cn2)c1. The molecule has 0 saturated heterocycles. The fraction of sp³-hybridized carbons (Fsp3) is 0. The molecule has 0 amide bonds. The van der Waals surface area contributed by atoms with Crippen molar-refractivity contribution < 1.29 is 19.0 Å². The molecule has 0 saturated carbocycles. The van der Waals surface area contributed by atoms with E-state index in [-0.39, 0.29) is 11.4 Å². The molecule has 1 heterocycles. The highest BCUT2D eigenvalue weighted by molar-refractivity contribution is 5.88. The first-order valence-corrected chi connectivity index (χ1v) is 4.78. The first kappa shape index (κ1) is 11.1. The quantitative estimate of drug-likeness (QED) is 0.885. The molecule has 4 nitrogen and oxygen atoms in total. The lowest BCUT2D eigenvalue weighted by Crippen LogP contribution is -1.96. The van der Waals surface area contributed by atoms with E-state index in [1.807, 2.05) is 0 Å². The zero-order valence-corrected chi connectivity index (χ0v) is 8.63. The van der Waals surface area contributed by atoms with Crippen LogP contribution in [0.25, 0.3) is 0 Å². The van der Waals surface area contributed by atoms with Crippen LogP contribution in [0, 0.1) is 5.82 Å². The monoisotopic (exact) mass is 233 g/mol. The van der Waals surface area contributed by atoms with Crippen LogP contribution in [-0.2, 0) is 0 Å². The molecule has 1 N–H and O–H groups in total. The molecule has 0 aliphatic rings. The average molecular weight is 233 g/mol. The molecule has 17 heavy (non-hydrogen) atoms. The van der Waals surface area contributed by atoms with E-state index in [0.717, 1.165) is 6.20 Å². The van der Waals surface area contributed by atoms with E-state index in [1.54, 1.807) is 12.1 Å². The Kier molecular flexibility index (Phi) is 3.00. The first-order valence-electron chi connectivity index (χ1n) is 4.78. The Bertz CT molecular complexity index is 540. The maximum atomic E-state index is 12.6. The Balaban J connectivity index is 2.21. The summed E-state index contributed by atoms with van der Waals surface area (Å²) in [7, 11) is 0. The summed E-state index contributed by atoms with van der Waals surface area (Å²) in [5.74, 6) is -0.961. The number of hydrogen-bond acceptors (Lipinski definition) is 3. The molecular weight excluding hydrogens is 225 g/mol. The molecule has 0 aliphatic heterocycles. The Morgan fingerprint density at radius 3 is 2.76 bits per heavy atom. The van der Waals surface area contributed by atoms with Crippen LogP contribution in [0.4, 0.5) is 4.39 Å². The van der Waals surface area contributed by atoms with Gasteiger partial charge in [-0.15, -0.1) is 0 Å². The van der Waals surface area contributed by atoms with Crippen LogP contribution in [0.5, 0.6) is 11.6 Å². The molecule has 0 fully saturated rings. The molecule has 0 spiro atoms. The Hall–Kier alpha value is -2.43. The summed E-state index contributed by atoms with van der Waals surface area (Å²) in [5, 5.41) is 8.79. The van der Waals surface area contributed by atoms with Gasteiger partial charge < -0.3 is 9.84 Å². The van der Waals surface area contributed by atoms with Crippen molar-refractivity contribution in [3.8, 4) is 11.6 Å². The first-order chi connectivity index (χ1) is 8.15. The summed E-state index contributed by atoms with van der Waals surface area (Å²) >= 11 is 0. The minimum atomic E-state index is -1.04. The van der Waals surface area contributed by atoms with Gasteiger partial charge in [-0.2, -0.15) is 0 Å². The highest BCUT2D eigenvalue weighted by Crippen LogP contribution is 2.20. The lowest BCUT2D eigenvalue weighted by Gasteiger charge is -2.04. The Morgan fingerprint density at radius 1 is 1.29 bits per heavy atom. The van der Waals surface area contributed by atoms with E-state index >= 15 is 0 Å². The third-order valence-electron chi connectivity index (χ3n) is 2.00. The number of aromatic nitrogens is 1.